The van der Waals surface area contributed by atoms with Gasteiger partial charge in [0.25, 0.3) is 0 Å². The minimum atomic E-state index is -1.55. The number of carbonyl (C=O) groups is 1. The molecule has 1 rings (SSSR count). The summed E-state index contributed by atoms with van der Waals surface area (Å²) in [6.07, 6.45) is 1.38. The third-order valence-corrected chi connectivity index (χ3v) is 2.86. The molecule has 1 aromatic carbocycles. The van der Waals surface area contributed by atoms with Gasteiger partial charge in [0, 0.05) is 18.1 Å². The lowest BCUT2D eigenvalue weighted by molar-refractivity contribution is -0.146. The predicted octanol–water partition coefficient (Wildman–Crippen LogP) is 2.03. The van der Waals surface area contributed by atoms with Crippen molar-refractivity contribution in [2.24, 2.45) is 10.8 Å². The molecule has 7 heteroatoms. The van der Waals surface area contributed by atoms with E-state index in [1.165, 1.54) is 0 Å². The number of ether oxygens (including phenoxy) is 1. The van der Waals surface area contributed by atoms with Crippen LogP contribution in [0.2, 0.25) is 0 Å². The lowest BCUT2D eigenvalue weighted by Gasteiger charge is -2.25. The van der Waals surface area contributed by atoms with E-state index in [1.54, 1.807) is 30.3 Å². The van der Waals surface area contributed by atoms with E-state index in [2.05, 4.69) is 10.0 Å². The first-order valence-electron chi connectivity index (χ1n) is 6.27. The number of carboxylic acid groups (broad SMARTS) is 1. The van der Waals surface area contributed by atoms with Gasteiger partial charge in [-0.25, -0.2) is 4.79 Å². The lowest BCUT2D eigenvalue weighted by atomic mass is 9.92. The van der Waals surface area contributed by atoms with Crippen LogP contribution in [0.3, 0.4) is 0 Å². The summed E-state index contributed by atoms with van der Waals surface area (Å²) in [5.41, 5.74) is 13.0. The minimum Gasteiger partial charge on any atom is -0.480 e. The maximum absolute atomic E-state index is 11.4. The van der Waals surface area contributed by atoms with Gasteiger partial charge in [-0.2, -0.15) is 0 Å². The summed E-state index contributed by atoms with van der Waals surface area (Å²) < 4.78 is 5.35. The quantitative estimate of drug-likeness (QED) is 0.310. The van der Waals surface area contributed by atoms with E-state index >= 15 is 0 Å². The van der Waals surface area contributed by atoms with Crippen molar-refractivity contribution in [2.45, 2.75) is 18.4 Å². The van der Waals surface area contributed by atoms with Crippen LogP contribution in [0, 0.1) is 0 Å². The molecule has 0 saturated carbocycles. The summed E-state index contributed by atoms with van der Waals surface area (Å²) in [4.78, 5) is 14.0. The van der Waals surface area contributed by atoms with Crippen LogP contribution in [0.5, 0.6) is 0 Å². The van der Waals surface area contributed by atoms with E-state index in [1.807, 2.05) is 0 Å². The Hall–Kier alpha value is -2.08. The van der Waals surface area contributed by atoms with E-state index in [9.17, 15) is 9.90 Å². The molecule has 0 bridgehead atoms. The molecular weight excluding hydrogens is 260 g/mol. The normalized spacial score (nSPS) is 13.2. The first kappa shape index (κ1) is 16.0. The molecule has 0 aromatic heterocycles. The zero-order valence-corrected chi connectivity index (χ0v) is 11.1. The van der Waals surface area contributed by atoms with E-state index in [-0.39, 0.29) is 6.61 Å². The molecule has 1 unspecified atom stereocenters. The largest absolute Gasteiger partial charge is 0.480 e. The third-order valence-electron chi connectivity index (χ3n) is 2.86. The van der Waals surface area contributed by atoms with Crippen molar-refractivity contribution in [3.63, 3.8) is 0 Å². The van der Waals surface area contributed by atoms with Crippen LogP contribution in [0.15, 0.2) is 35.4 Å². The van der Waals surface area contributed by atoms with Crippen molar-refractivity contribution in [1.82, 2.24) is 0 Å². The number of azide groups is 1. The van der Waals surface area contributed by atoms with E-state index in [0.29, 0.717) is 31.6 Å². The van der Waals surface area contributed by atoms with Crippen molar-refractivity contribution >= 4 is 5.97 Å². The second kappa shape index (κ2) is 8.16. The first-order valence-corrected chi connectivity index (χ1v) is 6.27. The van der Waals surface area contributed by atoms with Gasteiger partial charge in [0.2, 0.25) is 0 Å². The number of unbranched alkanes of at least 4 members (excludes halogenated alkanes) is 1. The fourth-order valence-electron chi connectivity index (χ4n) is 1.67. The Kier molecular flexibility index (Phi) is 6.52. The van der Waals surface area contributed by atoms with Gasteiger partial charge in [-0.05, 0) is 23.9 Å². The Morgan fingerprint density at radius 3 is 2.70 bits per heavy atom. The maximum Gasteiger partial charge on any atom is 0.330 e. The van der Waals surface area contributed by atoms with Crippen LogP contribution in [0.1, 0.15) is 18.4 Å². The van der Waals surface area contributed by atoms with E-state index in [0.717, 1.165) is 0 Å². The van der Waals surface area contributed by atoms with E-state index < -0.39 is 11.5 Å². The molecule has 0 aliphatic rings. The van der Waals surface area contributed by atoms with Crippen molar-refractivity contribution < 1.29 is 14.6 Å². The summed E-state index contributed by atoms with van der Waals surface area (Å²) in [5, 5.41) is 12.7. The Labute approximate surface area is 117 Å². The number of nitrogens with zero attached hydrogens (tertiary/aromatic N) is 3. The highest BCUT2D eigenvalue weighted by molar-refractivity contribution is 5.80. The zero-order valence-electron chi connectivity index (χ0n) is 11.1. The van der Waals surface area contributed by atoms with Gasteiger partial charge in [-0.15, -0.1) is 0 Å². The summed E-state index contributed by atoms with van der Waals surface area (Å²) in [5.74, 6) is -1.13. The number of rotatable bonds is 9. The van der Waals surface area contributed by atoms with Gasteiger partial charge >= 0.3 is 5.97 Å². The first-order chi connectivity index (χ1) is 9.61. The van der Waals surface area contributed by atoms with Gasteiger partial charge in [0.1, 0.15) is 0 Å². The molecule has 1 atom stereocenters. The monoisotopic (exact) mass is 278 g/mol. The van der Waals surface area contributed by atoms with Crippen LogP contribution in [-0.2, 0) is 15.1 Å². The highest BCUT2D eigenvalue weighted by atomic mass is 16.5. The molecule has 1 aromatic rings. The number of carboxylic acids is 1. The number of nitrogens with two attached hydrogens (primary N) is 1. The molecule has 20 heavy (non-hydrogen) atoms. The van der Waals surface area contributed by atoms with Crippen molar-refractivity contribution in [3.8, 4) is 0 Å². The Balaban J connectivity index is 2.48. The second-order valence-electron chi connectivity index (χ2n) is 4.36. The smallest absolute Gasteiger partial charge is 0.330 e. The predicted molar refractivity (Wildman–Crippen MR) is 74.0 cm³/mol. The number of hydrogen-bond acceptors (Lipinski definition) is 4. The summed E-state index contributed by atoms with van der Waals surface area (Å²) in [6, 6.07) is 8.60. The fraction of sp³-hybridized carbons (Fsp3) is 0.462. The minimum absolute atomic E-state index is 0.103. The molecule has 0 radical (unpaired) electrons. The molecule has 0 spiro atoms. The van der Waals surface area contributed by atoms with Crippen LogP contribution in [0.25, 0.3) is 10.4 Å². The molecule has 7 nitrogen and oxygen atoms in total. The van der Waals surface area contributed by atoms with Crippen LogP contribution in [0.4, 0.5) is 0 Å². The van der Waals surface area contributed by atoms with Crippen molar-refractivity contribution in [1.29, 1.82) is 0 Å². The van der Waals surface area contributed by atoms with Crippen molar-refractivity contribution in [3.05, 3.63) is 46.3 Å². The molecular formula is C13H18N4O3. The number of benzene rings is 1. The highest BCUT2D eigenvalue weighted by Crippen LogP contribution is 2.19. The summed E-state index contributed by atoms with van der Waals surface area (Å²) in [6.45, 7) is 0.680. The van der Waals surface area contributed by atoms with Crippen molar-refractivity contribution in [2.75, 3.05) is 19.8 Å². The second-order valence-corrected chi connectivity index (χ2v) is 4.36. The molecule has 3 N–H and O–H groups in total. The fourth-order valence-corrected chi connectivity index (χ4v) is 1.67. The standard InChI is InChI=1S/C13H18N4O3/c14-13(12(18)19,11-6-2-1-3-7-11)10-20-9-5-4-8-16-17-15/h1-3,6-7H,4-5,8-10,14H2,(H,18,19). The lowest BCUT2D eigenvalue weighted by Crippen LogP contribution is -2.49. The third kappa shape index (κ3) is 4.55. The van der Waals surface area contributed by atoms with Crippen LogP contribution < -0.4 is 5.73 Å². The van der Waals surface area contributed by atoms with Gasteiger partial charge in [0.05, 0.1) is 6.61 Å². The number of aliphatic carboxylic acids is 1. The molecule has 0 heterocycles. The Morgan fingerprint density at radius 1 is 1.40 bits per heavy atom. The summed E-state index contributed by atoms with van der Waals surface area (Å²) in [7, 11) is 0. The molecule has 0 fully saturated rings. The van der Waals surface area contributed by atoms with Gasteiger partial charge in [-0.1, -0.05) is 35.4 Å². The molecule has 0 aliphatic carbocycles. The maximum atomic E-state index is 11.4. The topological polar surface area (TPSA) is 121 Å². The SMILES string of the molecule is [N-]=[N+]=NCCCCOCC(N)(C(=O)O)c1ccccc1. The molecule has 0 saturated heterocycles. The van der Waals surface area contributed by atoms with Crippen LogP contribution in [-0.4, -0.2) is 30.8 Å². The van der Waals surface area contributed by atoms with E-state index in [4.69, 9.17) is 16.0 Å². The average molecular weight is 278 g/mol. The molecule has 0 aliphatic heterocycles. The molecule has 108 valence electrons. The van der Waals surface area contributed by atoms with Crippen LogP contribution >= 0.6 is 0 Å². The Morgan fingerprint density at radius 2 is 2.10 bits per heavy atom. The average Bonchev–Trinajstić information content (AvgIpc) is 2.46. The van der Waals surface area contributed by atoms with Gasteiger partial charge in [0.15, 0.2) is 5.54 Å². The summed E-state index contributed by atoms with van der Waals surface area (Å²) >= 11 is 0. The zero-order chi connectivity index (χ0) is 14.8. The number of hydrogen-bond donors (Lipinski definition) is 2. The highest BCUT2D eigenvalue weighted by Gasteiger charge is 2.36. The van der Waals surface area contributed by atoms with Gasteiger partial charge in [-0.3, -0.25) is 0 Å². The molecule has 0 amide bonds. The Bertz CT molecular complexity index is 474. The van der Waals surface area contributed by atoms with Gasteiger partial charge < -0.3 is 15.6 Å².